The van der Waals surface area contributed by atoms with Gasteiger partial charge in [-0.1, -0.05) is 30.3 Å². The van der Waals surface area contributed by atoms with Gasteiger partial charge in [0, 0.05) is 37.4 Å². The van der Waals surface area contributed by atoms with Gasteiger partial charge in [0.15, 0.2) is 17.9 Å². The molecule has 132 valence electrons. The Morgan fingerprint density at radius 3 is 2.20 bits per heavy atom. The summed E-state index contributed by atoms with van der Waals surface area (Å²) in [5.74, 6) is -1.34. The summed E-state index contributed by atoms with van der Waals surface area (Å²) in [6, 6.07) is 11.6. The van der Waals surface area contributed by atoms with Crippen molar-refractivity contribution < 1.29 is 18.3 Å². The number of ether oxygens (including phenoxy) is 1. The monoisotopic (exact) mass is 347 g/mol. The molecule has 5 nitrogen and oxygen atoms in total. The molecule has 0 amide bonds. The van der Waals surface area contributed by atoms with E-state index in [1.807, 2.05) is 35.2 Å². The largest absolute Gasteiger partial charge is 0.444 e. The average Bonchev–Trinajstić information content (AvgIpc) is 2.60. The van der Waals surface area contributed by atoms with E-state index < -0.39 is 17.9 Å². The number of nitrogen functional groups attached to an aromatic ring is 1. The van der Waals surface area contributed by atoms with E-state index >= 15 is 0 Å². The molecule has 1 unspecified atom stereocenters. The summed E-state index contributed by atoms with van der Waals surface area (Å²) in [5.41, 5.74) is 6.30. The summed E-state index contributed by atoms with van der Waals surface area (Å²) in [7, 11) is 0. The van der Waals surface area contributed by atoms with Crippen LogP contribution in [0.2, 0.25) is 0 Å². The molecule has 7 heteroatoms. The third-order valence-corrected chi connectivity index (χ3v) is 4.27. The van der Waals surface area contributed by atoms with E-state index in [9.17, 15) is 13.6 Å². The Bertz CT molecular complexity index is 711. The SMILES string of the molecule is Nc1cc(F)c(N2CCN(C(OC=O)c3ccccc3)CC2)c(F)c1. The molecular formula is C18H19F2N3O2. The van der Waals surface area contributed by atoms with Crippen molar-refractivity contribution >= 4 is 17.8 Å². The normalized spacial score (nSPS) is 16.5. The second-order valence-electron chi connectivity index (χ2n) is 5.85. The van der Waals surface area contributed by atoms with Gasteiger partial charge in [0.2, 0.25) is 0 Å². The van der Waals surface area contributed by atoms with Crippen LogP contribution in [0.4, 0.5) is 20.2 Å². The summed E-state index contributed by atoms with van der Waals surface area (Å²) in [6.07, 6.45) is -0.512. The summed E-state index contributed by atoms with van der Waals surface area (Å²) >= 11 is 0. The first-order chi connectivity index (χ1) is 12.1. The number of anilines is 2. The van der Waals surface area contributed by atoms with Crippen LogP contribution in [0.3, 0.4) is 0 Å². The lowest BCUT2D eigenvalue weighted by molar-refractivity contribution is -0.144. The molecular weight excluding hydrogens is 328 g/mol. The highest BCUT2D eigenvalue weighted by atomic mass is 19.1. The highest BCUT2D eigenvalue weighted by Gasteiger charge is 2.28. The number of carbonyl (C=O) groups is 1. The highest BCUT2D eigenvalue weighted by molar-refractivity contribution is 5.56. The number of nitrogens with two attached hydrogens (primary N) is 1. The molecule has 1 aliphatic heterocycles. The van der Waals surface area contributed by atoms with Gasteiger partial charge < -0.3 is 15.4 Å². The molecule has 2 N–H and O–H groups in total. The number of halogens is 2. The molecule has 1 saturated heterocycles. The van der Waals surface area contributed by atoms with Crippen LogP contribution in [-0.4, -0.2) is 37.6 Å². The third-order valence-electron chi connectivity index (χ3n) is 4.27. The maximum atomic E-state index is 14.1. The molecule has 1 heterocycles. The molecule has 0 spiro atoms. The fourth-order valence-corrected chi connectivity index (χ4v) is 3.11. The molecule has 2 aromatic rings. The first kappa shape index (κ1) is 17.2. The van der Waals surface area contributed by atoms with Crippen LogP contribution >= 0.6 is 0 Å². The van der Waals surface area contributed by atoms with Crippen molar-refractivity contribution in [3.63, 3.8) is 0 Å². The quantitative estimate of drug-likeness (QED) is 0.665. The Hall–Kier alpha value is -2.67. The number of benzene rings is 2. The zero-order chi connectivity index (χ0) is 17.8. The van der Waals surface area contributed by atoms with Crippen molar-refractivity contribution in [2.24, 2.45) is 0 Å². The minimum absolute atomic E-state index is 0.0564. The number of rotatable bonds is 5. The van der Waals surface area contributed by atoms with E-state index in [2.05, 4.69) is 0 Å². The first-order valence-corrected chi connectivity index (χ1v) is 7.97. The van der Waals surface area contributed by atoms with Gasteiger partial charge in [-0.05, 0) is 12.1 Å². The van der Waals surface area contributed by atoms with Crippen LogP contribution in [0.5, 0.6) is 0 Å². The number of carbonyl (C=O) groups excluding carboxylic acids is 1. The lowest BCUT2D eigenvalue weighted by Crippen LogP contribution is -2.48. The number of hydrogen-bond acceptors (Lipinski definition) is 5. The molecule has 0 radical (unpaired) electrons. The van der Waals surface area contributed by atoms with Crippen molar-refractivity contribution in [1.29, 1.82) is 0 Å². The van der Waals surface area contributed by atoms with Gasteiger partial charge in [0.05, 0.1) is 0 Å². The number of piperazine rings is 1. The van der Waals surface area contributed by atoms with Gasteiger partial charge in [-0.2, -0.15) is 0 Å². The fraction of sp³-hybridized carbons (Fsp3) is 0.278. The predicted molar refractivity (Wildman–Crippen MR) is 90.9 cm³/mol. The van der Waals surface area contributed by atoms with Crippen molar-refractivity contribution in [2.75, 3.05) is 36.8 Å². The van der Waals surface area contributed by atoms with Crippen LogP contribution in [0.15, 0.2) is 42.5 Å². The molecule has 2 aromatic carbocycles. The first-order valence-electron chi connectivity index (χ1n) is 7.97. The van der Waals surface area contributed by atoms with Gasteiger partial charge >= 0.3 is 0 Å². The molecule has 1 atom stereocenters. The molecule has 1 aliphatic rings. The van der Waals surface area contributed by atoms with Crippen LogP contribution in [0, 0.1) is 11.6 Å². The topological polar surface area (TPSA) is 58.8 Å². The second kappa shape index (κ2) is 7.48. The van der Waals surface area contributed by atoms with Crippen LogP contribution in [0.1, 0.15) is 11.8 Å². The zero-order valence-electron chi connectivity index (χ0n) is 13.6. The minimum Gasteiger partial charge on any atom is -0.444 e. The van der Waals surface area contributed by atoms with Gasteiger partial charge in [-0.15, -0.1) is 0 Å². The Kier molecular flexibility index (Phi) is 5.14. The lowest BCUT2D eigenvalue weighted by Gasteiger charge is -2.39. The lowest BCUT2D eigenvalue weighted by atomic mass is 10.1. The smallest absolute Gasteiger partial charge is 0.294 e. The van der Waals surface area contributed by atoms with Gasteiger partial charge in [0.1, 0.15) is 5.69 Å². The standard InChI is InChI=1S/C18H19F2N3O2/c19-15-10-14(21)11-16(20)17(15)22-6-8-23(9-7-22)18(25-12-24)13-4-2-1-3-5-13/h1-5,10-12,18H,6-9,21H2. The van der Waals surface area contributed by atoms with E-state index in [1.54, 1.807) is 4.90 Å². The maximum Gasteiger partial charge on any atom is 0.294 e. The van der Waals surface area contributed by atoms with E-state index in [0.717, 1.165) is 17.7 Å². The molecule has 0 aromatic heterocycles. The van der Waals surface area contributed by atoms with Crippen molar-refractivity contribution in [3.8, 4) is 0 Å². The van der Waals surface area contributed by atoms with Gasteiger partial charge in [-0.25, -0.2) is 8.78 Å². The van der Waals surface area contributed by atoms with Gasteiger partial charge in [-0.3, -0.25) is 9.69 Å². The van der Waals surface area contributed by atoms with Crippen LogP contribution in [0.25, 0.3) is 0 Å². The zero-order valence-corrected chi connectivity index (χ0v) is 13.6. The van der Waals surface area contributed by atoms with Crippen molar-refractivity contribution in [1.82, 2.24) is 4.90 Å². The van der Waals surface area contributed by atoms with Crippen LogP contribution in [-0.2, 0) is 9.53 Å². The van der Waals surface area contributed by atoms with Crippen LogP contribution < -0.4 is 10.6 Å². The second-order valence-corrected chi connectivity index (χ2v) is 5.85. The van der Waals surface area contributed by atoms with Gasteiger partial charge in [0.25, 0.3) is 6.47 Å². The number of hydrogen-bond donors (Lipinski definition) is 1. The summed E-state index contributed by atoms with van der Waals surface area (Å²) in [4.78, 5) is 14.5. The Labute approximate surface area is 144 Å². The summed E-state index contributed by atoms with van der Waals surface area (Å²) < 4.78 is 33.4. The van der Waals surface area contributed by atoms with E-state index in [4.69, 9.17) is 10.5 Å². The molecule has 1 fully saturated rings. The van der Waals surface area contributed by atoms with E-state index in [-0.39, 0.29) is 11.4 Å². The average molecular weight is 347 g/mol. The molecule has 0 saturated carbocycles. The minimum atomic E-state index is -0.672. The number of nitrogens with zero attached hydrogens (tertiary/aromatic N) is 2. The molecule has 3 rings (SSSR count). The molecule has 0 bridgehead atoms. The van der Waals surface area contributed by atoms with Crippen molar-refractivity contribution in [3.05, 3.63) is 59.7 Å². The highest BCUT2D eigenvalue weighted by Crippen LogP contribution is 2.29. The Balaban J connectivity index is 1.74. The maximum absolute atomic E-state index is 14.1. The Morgan fingerprint density at radius 2 is 1.64 bits per heavy atom. The van der Waals surface area contributed by atoms with E-state index in [0.29, 0.717) is 32.7 Å². The summed E-state index contributed by atoms with van der Waals surface area (Å²) in [5, 5.41) is 0. The predicted octanol–water partition coefficient (Wildman–Crippen LogP) is 2.54. The molecule has 25 heavy (non-hydrogen) atoms. The molecule has 0 aliphatic carbocycles. The summed E-state index contributed by atoms with van der Waals surface area (Å²) in [6.45, 7) is 2.23. The Morgan fingerprint density at radius 1 is 1.04 bits per heavy atom. The third kappa shape index (κ3) is 3.71. The van der Waals surface area contributed by atoms with Crippen molar-refractivity contribution in [2.45, 2.75) is 6.23 Å². The van der Waals surface area contributed by atoms with E-state index in [1.165, 1.54) is 0 Å². The fourth-order valence-electron chi connectivity index (χ4n) is 3.11.